The molecule has 2 atom stereocenters. The summed E-state index contributed by atoms with van der Waals surface area (Å²) >= 11 is 0. The topological polar surface area (TPSA) is 77.2 Å². The molecule has 252 valence electrons. The number of aromatic amines is 1. The van der Waals surface area contributed by atoms with Gasteiger partial charge in [-0.15, -0.1) is 17.0 Å². The van der Waals surface area contributed by atoms with Gasteiger partial charge in [-0.1, -0.05) is 31.5 Å². The number of fused-ring (bicyclic) bond motifs is 4. The zero-order valence-electron chi connectivity index (χ0n) is 25.5. The van der Waals surface area contributed by atoms with Gasteiger partial charge in [0.15, 0.2) is 5.78 Å². The van der Waals surface area contributed by atoms with Crippen LogP contribution < -0.4 is 10.6 Å². The number of unbranched alkanes of at least 4 members (excludes halogenated alkanes) is 1. The number of nitrogens with zero attached hydrogens (tertiary/aromatic N) is 1. The molecule has 0 radical (unpaired) electrons. The lowest BCUT2D eigenvalue weighted by Gasteiger charge is -2.52. The number of para-hydroxylation sites is 1. The zero-order chi connectivity index (χ0) is 32.4. The molecule has 2 bridgehead atoms. The fourth-order valence-corrected chi connectivity index (χ4v) is 6.78. The number of halogens is 7. The van der Waals surface area contributed by atoms with Crippen molar-refractivity contribution in [1.82, 2.24) is 20.5 Å². The Kier molecular flexibility index (Phi) is 11.2. The van der Waals surface area contributed by atoms with Crippen LogP contribution in [0.1, 0.15) is 74.1 Å². The molecule has 46 heavy (non-hydrogen) atoms. The Morgan fingerprint density at radius 2 is 1.65 bits per heavy atom. The highest BCUT2D eigenvalue weighted by atomic mass is 79.9. The van der Waals surface area contributed by atoms with Crippen LogP contribution >= 0.6 is 17.0 Å². The molecule has 3 saturated heterocycles. The van der Waals surface area contributed by atoms with Gasteiger partial charge in [0.25, 0.3) is 0 Å². The Hall–Kier alpha value is -3.06. The highest BCUT2D eigenvalue weighted by molar-refractivity contribution is 8.93. The first-order valence-electron chi connectivity index (χ1n) is 15.4. The number of H-pyrrole nitrogens is 1. The fourth-order valence-electron chi connectivity index (χ4n) is 6.78. The quantitative estimate of drug-likeness (QED) is 0.138. The van der Waals surface area contributed by atoms with Crippen LogP contribution in [0.3, 0.4) is 0 Å². The lowest BCUT2D eigenvalue weighted by atomic mass is 9.69. The number of aromatic nitrogens is 1. The Labute approximate surface area is 274 Å². The first-order chi connectivity index (χ1) is 21.3. The summed E-state index contributed by atoms with van der Waals surface area (Å²) in [4.78, 5) is 32.1. The predicted molar refractivity (Wildman–Crippen MR) is 169 cm³/mol. The summed E-state index contributed by atoms with van der Waals surface area (Å²) in [5.74, 6) is -0.258. The number of alkyl halides is 6. The maximum Gasteiger partial charge on any atom is 0.416 e. The fraction of sp³-hybridized carbons (Fsp3) is 0.515. The zero-order valence-corrected chi connectivity index (χ0v) is 27.2. The number of aryl methyl sites for hydroxylation is 1. The first-order valence-corrected chi connectivity index (χ1v) is 15.4. The third-order valence-corrected chi connectivity index (χ3v) is 9.55. The van der Waals surface area contributed by atoms with Gasteiger partial charge >= 0.3 is 18.4 Å². The Balaban J connectivity index is 0.00000480. The monoisotopic (exact) mass is 716 g/mol. The smallest absolute Gasteiger partial charge is 0.361 e. The van der Waals surface area contributed by atoms with Crippen LogP contribution in [0.15, 0.2) is 48.7 Å². The molecule has 3 aromatic rings. The summed E-state index contributed by atoms with van der Waals surface area (Å²) in [6.45, 7) is 4.00. The highest BCUT2D eigenvalue weighted by Crippen LogP contribution is 2.45. The van der Waals surface area contributed by atoms with Crippen molar-refractivity contribution in [3.05, 3.63) is 70.9 Å². The van der Waals surface area contributed by atoms with E-state index in [1.54, 1.807) is 6.20 Å². The molecule has 2 amide bonds. The van der Waals surface area contributed by atoms with E-state index in [9.17, 15) is 35.9 Å². The SMILES string of the molecule is Br.CCC12CCN(CC1)C(NC(=O)NC(Cc1c[nH]c3ccccc13)C(=O)CCCCc1cc(C(F)(F)F)cc(C(F)(F)F)c1)C2. The molecule has 3 fully saturated rings. The van der Waals surface area contributed by atoms with E-state index in [-0.39, 0.29) is 78.1 Å². The van der Waals surface area contributed by atoms with Gasteiger partial charge in [0.1, 0.15) is 0 Å². The molecule has 3 aliphatic heterocycles. The number of carbonyl (C=O) groups is 2. The minimum absolute atomic E-state index is 0. The number of ketones is 1. The van der Waals surface area contributed by atoms with Crippen molar-refractivity contribution < 1.29 is 35.9 Å². The number of piperidine rings is 3. The molecule has 13 heteroatoms. The van der Waals surface area contributed by atoms with Crippen LogP contribution in [0.4, 0.5) is 31.1 Å². The molecule has 6 rings (SSSR count). The largest absolute Gasteiger partial charge is 0.416 e. The summed E-state index contributed by atoms with van der Waals surface area (Å²) in [7, 11) is 0. The summed E-state index contributed by atoms with van der Waals surface area (Å²) in [5, 5.41) is 6.86. The van der Waals surface area contributed by atoms with Crippen molar-refractivity contribution in [2.24, 2.45) is 5.41 Å². The van der Waals surface area contributed by atoms with Crippen molar-refractivity contribution in [2.45, 2.75) is 89.3 Å². The van der Waals surface area contributed by atoms with Gasteiger partial charge in [0, 0.05) is 43.0 Å². The van der Waals surface area contributed by atoms with Crippen molar-refractivity contribution in [1.29, 1.82) is 0 Å². The minimum Gasteiger partial charge on any atom is -0.361 e. The van der Waals surface area contributed by atoms with Crippen molar-refractivity contribution >= 4 is 39.7 Å². The van der Waals surface area contributed by atoms with E-state index in [2.05, 4.69) is 27.4 Å². The van der Waals surface area contributed by atoms with Crippen molar-refractivity contribution in [3.8, 4) is 0 Å². The van der Waals surface area contributed by atoms with Crippen molar-refractivity contribution in [3.63, 3.8) is 0 Å². The number of hydrogen-bond donors (Lipinski definition) is 3. The first kappa shape index (κ1) is 35.8. The van der Waals surface area contributed by atoms with Crippen LogP contribution in [0.25, 0.3) is 10.9 Å². The standard InChI is InChI=1S/C33H38F6N4O2.BrH/c1-2-31-11-13-43(14-12-31)29(19-31)42-30(45)41-27(17-22-20-40-26-9-5-4-8-25(22)26)28(44)10-6-3-7-21-15-23(32(34,35)36)18-24(16-21)33(37,38)39;/h4-5,8-9,15-16,18,20,27,29,40H,2-3,6-7,10-14,17,19H2,1H3,(H2,41,42,45);1H. The van der Waals surface area contributed by atoms with E-state index < -0.39 is 35.6 Å². The van der Waals surface area contributed by atoms with Crippen LogP contribution in [0.2, 0.25) is 0 Å². The van der Waals surface area contributed by atoms with E-state index in [0.717, 1.165) is 67.4 Å². The number of Topliss-reactive ketones (excluding diaryl/α,β-unsaturated/α-hetero) is 1. The van der Waals surface area contributed by atoms with E-state index in [1.165, 1.54) is 0 Å². The molecule has 3 aliphatic rings. The number of nitrogens with one attached hydrogen (secondary N) is 3. The van der Waals surface area contributed by atoms with Crippen LogP contribution in [-0.4, -0.2) is 47.0 Å². The number of carbonyl (C=O) groups excluding carboxylic acids is 2. The number of amides is 2. The second kappa shape index (κ2) is 14.4. The van der Waals surface area contributed by atoms with Gasteiger partial charge in [-0.05, 0) is 79.3 Å². The van der Waals surface area contributed by atoms with E-state index >= 15 is 0 Å². The van der Waals surface area contributed by atoms with E-state index in [0.29, 0.717) is 0 Å². The minimum atomic E-state index is -4.92. The summed E-state index contributed by atoms with van der Waals surface area (Å²) < 4.78 is 79.5. The molecular weight excluding hydrogens is 678 g/mol. The summed E-state index contributed by atoms with van der Waals surface area (Å²) in [5.41, 5.74) is -0.864. The summed E-state index contributed by atoms with van der Waals surface area (Å²) in [6, 6.07) is 7.83. The maximum absolute atomic E-state index is 13.5. The summed E-state index contributed by atoms with van der Waals surface area (Å²) in [6.07, 6.45) is -3.45. The number of hydrogen-bond acceptors (Lipinski definition) is 3. The van der Waals surface area contributed by atoms with Crippen LogP contribution in [0, 0.1) is 5.41 Å². The van der Waals surface area contributed by atoms with Crippen LogP contribution in [-0.2, 0) is 30.0 Å². The van der Waals surface area contributed by atoms with Gasteiger partial charge in [0.2, 0.25) is 0 Å². The molecule has 0 aliphatic carbocycles. The molecule has 2 unspecified atom stereocenters. The Bertz CT molecular complexity index is 1480. The van der Waals surface area contributed by atoms with E-state index in [4.69, 9.17) is 0 Å². The number of rotatable bonds is 11. The average molecular weight is 718 g/mol. The second-order valence-corrected chi connectivity index (χ2v) is 12.4. The van der Waals surface area contributed by atoms with Crippen molar-refractivity contribution in [2.75, 3.05) is 13.1 Å². The number of benzene rings is 2. The average Bonchev–Trinajstić information content (AvgIpc) is 3.41. The number of urea groups is 1. The predicted octanol–water partition coefficient (Wildman–Crippen LogP) is 8.20. The third-order valence-electron chi connectivity index (χ3n) is 9.55. The van der Waals surface area contributed by atoms with Gasteiger partial charge < -0.3 is 15.6 Å². The van der Waals surface area contributed by atoms with Crippen LogP contribution in [0.5, 0.6) is 0 Å². The van der Waals surface area contributed by atoms with Gasteiger partial charge in [-0.2, -0.15) is 26.3 Å². The molecule has 0 saturated carbocycles. The van der Waals surface area contributed by atoms with Gasteiger partial charge in [0.05, 0.1) is 23.3 Å². The second-order valence-electron chi connectivity index (χ2n) is 12.4. The lowest BCUT2D eigenvalue weighted by Crippen LogP contribution is -2.62. The van der Waals surface area contributed by atoms with Gasteiger partial charge in [-0.3, -0.25) is 9.69 Å². The maximum atomic E-state index is 13.5. The molecule has 2 aromatic carbocycles. The molecule has 0 spiro atoms. The molecule has 6 nitrogen and oxygen atoms in total. The molecule has 4 heterocycles. The van der Waals surface area contributed by atoms with Gasteiger partial charge in [-0.25, -0.2) is 4.79 Å². The lowest BCUT2D eigenvalue weighted by molar-refractivity contribution is -0.143. The normalized spacial score (nSPS) is 21.9. The third kappa shape index (κ3) is 8.44. The Morgan fingerprint density at radius 1 is 1.00 bits per heavy atom. The highest BCUT2D eigenvalue weighted by Gasteiger charge is 2.44. The Morgan fingerprint density at radius 3 is 2.28 bits per heavy atom. The molecule has 1 aromatic heterocycles. The van der Waals surface area contributed by atoms with E-state index in [1.807, 2.05) is 24.3 Å². The molecule has 3 N–H and O–H groups in total. The molecular formula is C33H39BrF6N4O2.